The van der Waals surface area contributed by atoms with E-state index < -0.39 is 0 Å². The molecule has 2 aromatic rings. The van der Waals surface area contributed by atoms with Gasteiger partial charge in [-0.25, -0.2) is 9.98 Å². The van der Waals surface area contributed by atoms with Crippen LogP contribution in [0, 0.1) is 0 Å². The molecule has 0 bridgehead atoms. The summed E-state index contributed by atoms with van der Waals surface area (Å²) in [6, 6.07) is 13.4. The maximum Gasteiger partial charge on any atom is 0.282 e. The molecule has 1 aliphatic heterocycles. The highest BCUT2D eigenvalue weighted by molar-refractivity contribution is 9.10. The second-order valence-electron chi connectivity index (χ2n) is 5.47. The quantitative estimate of drug-likeness (QED) is 0.770. The lowest BCUT2D eigenvalue weighted by atomic mass is 10.1. The normalized spacial score (nSPS) is 16.4. The van der Waals surface area contributed by atoms with Crippen LogP contribution < -0.4 is 11.1 Å². The van der Waals surface area contributed by atoms with Crippen molar-refractivity contribution in [1.82, 2.24) is 4.98 Å². The summed E-state index contributed by atoms with van der Waals surface area (Å²) >= 11 is 3.26. The van der Waals surface area contributed by atoms with E-state index in [0.29, 0.717) is 16.9 Å². The first-order chi connectivity index (χ1) is 11.6. The number of ether oxygens (including phenoxy) is 1. The third-order valence-electron chi connectivity index (χ3n) is 3.66. The van der Waals surface area contributed by atoms with Gasteiger partial charge in [0.1, 0.15) is 16.9 Å². The SMILES string of the molecule is NC1=N[C@@H](CCc2ccc(NC(=O)c3cccc(Br)n3)cc2)CO1. The van der Waals surface area contributed by atoms with Crippen LogP contribution in [0.25, 0.3) is 0 Å². The highest BCUT2D eigenvalue weighted by Crippen LogP contribution is 2.15. The Kier molecular flexibility index (Phi) is 5.10. The molecule has 1 aliphatic rings. The van der Waals surface area contributed by atoms with Gasteiger partial charge in [-0.2, -0.15) is 0 Å². The van der Waals surface area contributed by atoms with Crippen LogP contribution in [0.4, 0.5) is 5.69 Å². The number of halogens is 1. The van der Waals surface area contributed by atoms with Gasteiger partial charge in [-0.3, -0.25) is 4.79 Å². The predicted octanol–water partition coefficient (Wildman–Crippen LogP) is 2.74. The minimum absolute atomic E-state index is 0.131. The van der Waals surface area contributed by atoms with Crippen LogP contribution in [0.3, 0.4) is 0 Å². The predicted molar refractivity (Wildman–Crippen MR) is 96.0 cm³/mol. The standard InChI is InChI=1S/C17H17BrN4O2/c18-15-3-1-2-14(22-15)16(23)20-12-7-4-11(5-8-12)6-9-13-10-24-17(19)21-13/h1-5,7-8,13H,6,9-10H2,(H2,19,21)(H,20,23)/t13-/m0/s1. The monoisotopic (exact) mass is 388 g/mol. The number of carbonyl (C=O) groups excluding carboxylic acids is 1. The van der Waals surface area contributed by atoms with E-state index in [1.807, 2.05) is 24.3 Å². The number of nitrogens with one attached hydrogen (secondary N) is 1. The van der Waals surface area contributed by atoms with Crippen LogP contribution >= 0.6 is 15.9 Å². The number of aromatic nitrogens is 1. The van der Waals surface area contributed by atoms with Crippen LogP contribution in [0.15, 0.2) is 52.1 Å². The number of pyridine rings is 1. The van der Waals surface area contributed by atoms with Crippen LogP contribution in [0.2, 0.25) is 0 Å². The molecule has 0 radical (unpaired) electrons. The van der Waals surface area contributed by atoms with Crippen molar-refractivity contribution in [3.05, 3.63) is 58.3 Å². The molecular weight excluding hydrogens is 372 g/mol. The van der Waals surface area contributed by atoms with E-state index in [1.54, 1.807) is 18.2 Å². The maximum atomic E-state index is 12.1. The number of amides is 1. The Bertz CT molecular complexity index is 761. The fraction of sp³-hybridized carbons (Fsp3) is 0.235. The van der Waals surface area contributed by atoms with Crippen molar-refractivity contribution < 1.29 is 9.53 Å². The zero-order chi connectivity index (χ0) is 16.9. The largest absolute Gasteiger partial charge is 0.463 e. The zero-order valence-electron chi connectivity index (χ0n) is 12.9. The maximum absolute atomic E-state index is 12.1. The third kappa shape index (κ3) is 4.32. The summed E-state index contributed by atoms with van der Waals surface area (Å²) in [6.07, 6.45) is 1.76. The van der Waals surface area contributed by atoms with Crippen molar-refractivity contribution in [1.29, 1.82) is 0 Å². The molecule has 0 spiro atoms. The summed E-state index contributed by atoms with van der Waals surface area (Å²) < 4.78 is 5.77. The van der Waals surface area contributed by atoms with Gasteiger partial charge in [0.25, 0.3) is 11.9 Å². The summed E-state index contributed by atoms with van der Waals surface area (Å²) in [7, 11) is 0. The van der Waals surface area contributed by atoms with Crippen LogP contribution in [0.5, 0.6) is 0 Å². The zero-order valence-corrected chi connectivity index (χ0v) is 14.5. The minimum atomic E-state index is -0.239. The molecule has 0 saturated carbocycles. The molecule has 3 N–H and O–H groups in total. The Morgan fingerprint density at radius 3 is 2.75 bits per heavy atom. The number of carbonyl (C=O) groups is 1. The summed E-state index contributed by atoms with van der Waals surface area (Å²) in [5, 5.41) is 2.84. The second kappa shape index (κ2) is 7.44. The molecule has 0 fully saturated rings. The second-order valence-corrected chi connectivity index (χ2v) is 6.28. The lowest BCUT2D eigenvalue weighted by Crippen LogP contribution is -2.13. The van der Waals surface area contributed by atoms with E-state index in [0.717, 1.165) is 18.5 Å². The lowest BCUT2D eigenvalue weighted by Gasteiger charge is -2.08. The Hall–Kier alpha value is -2.41. The Balaban J connectivity index is 1.55. The van der Waals surface area contributed by atoms with Crippen molar-refractivity contribution in [2.75, 3.05) is 11.9 Å². The smallest absolute Gasteiger partial charge is 0.282 e. The van der Waals surface area contributed by atoms with Crippen molar-refractivity contribution in [3.63, 3.8) is 0 Å². The first-order valence-corrected chi connectivity index (χ1v) is 8.38. The minimum Gasteiger partial charge on any atom is -0.463 e. The van der Waals surface area contributed by atoms with Gasteiger partial charge in [-0.05, 0) is 58.6 Å². The number of benzene rings is 1. The number of rotatable bonds is 5. The molecule has 1 atom stereocenters. The number of nitrogens with two attached hydrogens (primary N) is 1. The van der Waals surface area contributed by atoms with Gasteiger partial charge in [0.2, 0.25) is 0 Å². The Morgan fingerprint density at radius 1 is 1.29 bits per heavy atom. The molecule has 7 heteroatoms. The van der Waals surface area contributed by atoms with E-state index in [2.05, 4.69) is 31.2 Å². The van der Waals surface area contributed by atoms with E-state index in [4.69, 9.17) is 10.5 Å². The topological polar surface area (TPSA) is 89.6 Å². The van der Waals surface area contributed by atoms with Gasteiger partial charge in [-0.15, -0.1) is 0 Å². The molecule has 3 rings (SSSR count). The number of nitrogens with zero attached hydrogens (tertiary/aromatic N) is 2. The fourth-order valence-corrected chi connectivity index (χ4v) is 2.75. The van der Waals surface area contributed by atoms with E-state index in [1.165, 1.54) is 5.56 Å². The third-order valence-corrected chi connectivity index (χ3v) is 4.10. The summed E-state index contributed by atoms with van der Waals surface area (Å²) in [5.74, 6) is -0.239. The molecule has 6 nitrogen and oxygen atoms in total. The summed E-state index contributed by atoms with van der Waals surface area (Å²) in [6.45, 7) is 0.555. The van der Waals surface area contributed by atoms with E-state index >= 15 is 0 Å². The highest BCUT2D eigenvalue weighted by atomic mass is 79.9. The molecule has 0 aliphatic carbocycles. The van der Waals surface area contributed by atoms with Crippen LogP contribution in [-0.4, -0.2) is 29.6 Å². The van der Waals surface area contributed by atoms with Gasteiger partial charge in [0.15, 0.2) is 0 Å². The van der Waals surface area contributed by atoms with E-state index in [9.17, 15) is 4.79 Å². The van der Waals surface area contributed by atoms with Crippen molar-refractivity contribution >= 4 is 33.5 Å². The lowest BCUT2D eigenvalue weighted by molar-refractivity contribution is 0.102. The van der Waals surface area contributed by atoms with Gasteiger partial charge >= 0.3 is 0 Å². The molecule has 0 saturated heterocycles. The van der Waals surface area contributed by atoms with Crippen molar-refractivity contribution in [2.24, 2.45) is 10.7 Å². The van der Waals surface area contributed by atoms with Crippen molar-refractivity contribution in [2.45, 2.75) is 18.9 Å². The molecule has 0 unspecified atom stereocenters. The number of aryl methyl sites for hydroxylation is 1. The number of aliphatic imine (C=N–C) groups is 1. The summed E-state index contributed by atoms with van der Waals surface area (Å²) in [4.78, 5) is 20.5. The molecule has 1 aromatic heterocycles. The first kappa shape index (κ1) is 16.4. The number of anilines is 1. The van der Waals surface area contributed by atoms with Crippen LogP contribution in [0.1, 0.15) is 22.5 Å². The average molecular weight is 389 g/mol. The fourth-order valence-electron chi connectivity index (χ4n) is 2.40. The van der Waals surface area contributed by atoms with Gasteiger partial charge < -0.3 is 15.8 Å². The first-order valence-electron chi connectivity index (χ1n) is 7.59. The van der Waals surface area contributed by atoms with Crippen molar-refractivity contribution in [3.8, 4) is 0 Å². The highest BCUT2D eigenvalue weighted by Gasteiger charge is 2.16. The Morgan fingerprint density at radius 2 is 2.08 bits per heavy atom. The molecule has 1 amide bonds. The molecular formula is C17H17BrN4O2. The van der Waals surface area contributed by atoms with E-state index in [-0.39, 0.29) is 18.0 Å². The van der Waals surface area contributed by atoms with Gasteiger partial charge in [0, 0.05) is 5.69 Å². The molecule has 1 aromatic carbocycles. The van der Waals surface area contributed by atoms with Gasteiger partial charge in [-0.1, -0.05) is 18.2 Å². The molecule has 2 heterocycles. The summed E-state index contributed by atoms with van der Waals surface area (Å²) in [5.41, 5.74) is 7.77. The number of hydrogen-bond acceptors (Lipinski definition) is 5. The van der Waals surface area contributed by atoms with Crippen LogP contribution in [-0.2, 0) is 11.2 Å². The molecule has 24 heavy (non-hydrogen) atoms. The molecule has 124 valence electrons. The number of amidine groups is 1. The Labute approximate surface area is 148 Å². The average Bonchev–Trinajstić information content (AvgIpc) is 3.00. The van der Waals surface area contributed by atoms with Gasteiger partial charge in [0.05, 0.1) is 6.04 Å². The number of hydrogen-bond donors (Lipinski definition) is 2.